The fourth-order valence-electron chi connectivity index (χ4n) is 3.30. The Bertz CT molecular complexity index is 1310. The Balaban J connectivity index is 1.52. The molecule has 0 bridgehead atoms. The minimum absolute atomic E-state index is 0.130. The van der Waals surface area contributed by atoms with Crippen molar-refractivity contribution in [3.05, 3.63) is 92.3 Å². The van der Waals surface area contributed by atoms with Crippen LogP contribution in [0.25, 0.3) is 6.08 Å². The number of benzene rings is 3. The van der Waals surface area contributed by atoms with Crippen molar-refractivity contribution in [2.75, 3.05) is 16.8 Å². The Labute approximate surface area is 214 Å². The summed E-state index contributed by atoms with van der Waals surface area (Å²) in [6.07, 6.45) is 1.68. The topological polar surface area (TPSA) is 82.5 Å². The molecular formula is C25H19BrClN3O3S. The molecule has 0 spiro atoms. The van der Waals surface area contributed by atoms with Crippen LogP contribution in [-0.2, 0) is 9.59 Å². The minimum atomic E-state index is -0.331. The number of carbonyl (C=O) groups is 2. The van der Waals surface area contributed by atoms with E-state index in [0.717, 1.165) is 21.8 Å². The number of hydrogen-bond acceptors (Lipinski definition) is 5. The van der Waals surface area contributed by atoms with Crippen LogP contribution in [0, 0.1) is 12.3 Å². The largest absolute Gasteiger partial charge is 0.483 e. The maximum absolute atomic E-state index is 13.1. The van der Waals surface area contributed by atoms with Crippen LogP contribution in [0.1, 0.15) is 11.1 Å². The van der Waals surface area contributed by atoms with E-state index in [-0.39, 0.29) is 23.6 Å². The van der Waals surface area contributed by atoms with Gasteiger partial charge in [0.1, 0.15) is 5.75 Å². The number of anilines is 2. The Kier molecular flexibility index (Phi) is 7.41. The third-order valence-electron chi connectivity index (χ3n) is 4.93. The van der Waals surface area contributed by atoms with Gasteiger partial charge < -0.3 is 10.1 Å². The summed E-state index contributed by atoms with van der Waals surface area (Å²) in [6, 6.07) is 19.5. The summed E-state index contributed by atoms with van der Waals surface area (Å²) in [5, 5.41) is 11.8. The molecule has 2 N–H and O–H groups in total. The van der Waals surface area contributed by atoms with E-state index in [1.54, 1.807) is 48.5 Å². The normalized spacial score (nSPS) is 14.6. The van der Waals surface area contributed by atoms with Crippen LogP contribution in [-0.4, -0.2) is 23.6 Å². The summed E-state index contributed by atoms with van der Waals surface area (Å²) < 4.78 is 6.55. The molecule has 3 aromatic carbocycles. The molecule has 2 amide bonds. The standard InChI is InChI=1S/C25H19BrClN3O3S/c1-15-4-2-3-5-20(15)30-24(32)22(34-25(30)28)13-16-12-17(26)6-11-21(16)33-14-23(31)29-19-9-7-18(27)8-10-19/h2-13,28H,14H2,1H3,(H,29,31)/b22-13-,28-25?. The van der Waals surface area contributed by atoms with Crippen LogP contribution in [0.2, 0.25) is 5.02 Å². The van der Waals surface area contributed by atoms with E-state index in [9.17, 15) is 9.59 Å². The molecule has 0 aromatic heterocycles. The van der Waals surface area contributed by atoms with Gasteiger partial charge in [-0.2, -0.15) is 0 Å². The SMILES string of the molecule is Cc1ccccc1N1C(=N)S/C(=C\c2cc(Br)ccc2OCC(=O)Nc2ccc(Cl)cc2)C1=O. The second-order valence-corrected chi connectivity index (χ2v) is 9.75. The number of hydrogen-bond donors (Lipinski definition) is 2. The number of para-hydroxylation sites is 1. The van der Waals surface area contributed by atoms with Crippen molar-refractivity contribution in [2.24, 2.45) is 0 Å². The first-order valence-corrected chi connectivity index (χ1v) is 12.2. The predicted octanol–water partition coefficient (Wildman–Crippen LogP) is 6.48. The molecule has 4 rings (SSSR count). The third-order valence-corrected chi connectivity index (χ3v) is 6.56. The van der Waals surface area contributed by atoms with Crippen molar-refractivity contribution in [3.8, 4) is 5.75 Å². The Morgan fingerprint density at radius 3 is 2.65 bits per heavy atom. The van der Waals surface area contributed by atoms with Crippen molar-refractivity contribution in [3.63, 3.8) is 0 Å². The number of nitrogens with zero attached hydrogens (tertiary/aromatic N) is 1. The molecular weight excluding hydrogens is 538 g/mol. The van der Waals surface area contributed by atoms with Crippen molar-refractivity contribution in [2.45, 2.75) is 6.92 Å². The molecule has 34 heavy (non-hydrogen) atoms. The smallest absolute Gasteiger partial charge is 0.271 e. The molecule has 1 aliphatic rings. The van der Waals surface area contributed by atoms with Gasteiger partial charge in [0.2, 0.25) is 0 Å². The zero-order valence-electron chi connectivity index (χ0n) is 18.0. The van der Waals surface area contributed by atoms with Crippen molar-refractivity contribution >= 4 is 73.7 Å². The summed E-state index contributed by atoms with van der Waals surface area (Å²) in [7, 11) is 0. The third kappa shape index (κ3) is 5.52. The van der Waals surface area contributed by atoms with E-state index < -0.39 is 0 Å². The summed E-state index contributed by atoms with van der Waals surface area (Å²) in [6.45, 7) is 1.68. The number of halogens is 2. The molecule has 1 saturated heterocycles. The van der Waals surface area contributed by atoms with E-state index in [2.05, 4.69) is 21.2 Å². The van der Waals surface area contributed by atoms with Crippen molar-refractivity contribution in [1.29, 1.82) is 5.41 Å². The molecule has 1 heterocycles. The number of amides is 2. The number of amidine groups is 1. The van der Waals surface area contributed by atoms with Gasteiger partial charge in [-0.05, 0) is 78.9 Å². The lowest BCUT2D eigenvalue weighted by molar-refractivity contribution is -0.118. The number of rotatable bonds is 6. The fraction of sp³-hybridized carbons (Fsp3) is 0.0800. The highest BCUT2D eigenvalue weighted by Gasteiger charge is 2.34. The number of thioether (sulfide) groups is 1. The fourth-order valence-corrected chi connectivity index (χ4v) is 4.65. The highest BCUT2D eigenvalue weighted by Crippen LogP contribution is 2.38. The summed E-state index contributed by atoms with van der Waals surface area (Å²) in [4.78, 5) is 27.2. The van der Waals surface area contributed by atoms with Crippen LogP contribution >= 0.6 is 39.3 Å². The monoisotopic (exact) mass is 555 g/mol. The van der Waals surface area contributed by atoms with Gasteiger partial charge in [0, 0.05) is 20.7 Å². The average Bonchev–Trinajstić information content (AvgIpc) is 3.08. The molecule has 0 atom stereocenters. The van der Waals surface area contributed by atoms with Crippen LogP contribution in [0.4, 0.5) is 11.4 Å². The summed E-state index contributed by atoms with van der Waals surface area (Å²) >= 11 is 10.4. The highest BCUT2D eigenvalue weighted by atomic mass is 79.9. The zero-order valence-corrected chi connectivity index (χ0v) is 21.1. The second kappa shape index (κ2) is 10.5. The maximum Gasteiger partial charge on any atom is 0.271 e. The van der Waals surface area contributed by atoms with Crippen LogP contribution in [0.5, 0.6) is 5.75 Å². The molecule has 1 fully saturated rings. The molecule has 0 saturated carbocycles. The quantitative estimate of drug-likeness (QED) is 0.340. The first kappa shape index (κ1) is 24.1. The minimum Gasteiger partial charge on any atom is -0.483 e. The highest BCUT2D eigenvalue weighted by molar-refractivity contribution is 9.10. The lowest BCUT2D eigenvalue weighted by Gasteiger charge is -2.16. The number of carbonyl (C=O) groups excluding carboxylic acids is 2. The molecule has 0 unspecified atom stereocenters. The van der Waals surface area contributed by atoms with E-state index in [1.165, 1.54) is 4.90 Å². The molecule has 172 valence electrons. The van der Waals surface area contributed by atoms with Gasteiger partial charge in [-0.15, -0.1) is 0 Å². The van der Waals surface area contributed by atoms with E-state index in [0.29, 0.717) is 32.6 Å². The van der Waals surface area contributed by atoms with E-state index >= 15 is 0 Å². The van der Waals surface area contributed by atoms with E-state index in [4.69, 9.17) is 21.7 Å². The number of ether oxygens (including phenoxy) is 1. The molecule has 0 aliphatic carbocycles. The molecule has 3 aromatic rings. The van der Waals surface area contributed by atoms with Crippen molar-refractivity contribution < 1.29 is 14.3 Å². The van der Waals surface area contributed by atoms with Gasteiger partial charge in [-0.25, -0.2) is 0 Å². The predicted molar refractivity (Wildman–Crippen MR) is 142 cm³/mol. The molecule has 0 radical (unpaired) electrons. The zero-order chi connectivity index (χ0) is 24.2. The molecule has 6 nitrogen and oxygen atoms in total. The van der Waals surface area contributed by atoms with Gasteiger partial charge >= 0.3 is 0 Å². The summed E-state index contributed by atoms with van der Waals surface area (Å²) in [5.74, 6) is -0.172. The first-order valence-electron chi connectivity index (χ1n) is 10.2. The summed E-state index contributed by atoms with van der Waals surface area (Å²) in [5.41, 5.74) is 2.81. The van der Waals surface area contributed by atoms with Crippen molar-refractivity contribution in [1.82, 2.24) is 0 Å². The first-order chi connectivity index (χ1) is 16.3. The van der Waals surface area contributed by atoms with Crippen LogP contribution in [0.15, 0.2) is 76.1 Å². The average molecular weight is 557 g/mol. The second-order valence-electron chi connectivity index (χ2n) is 7.37. The van der Waals surface area contributed by atoms with Gasteiger partial charge in [0.15, 0.2) is 11.8 Å². The van der Waals surface area contributed by atoms with Gasteiger partial charge in [-0.3, -0.25) is 19.9 Å². The van der Waals surface area contributed by atoms with Crippen LogP contribution < -0.4 is 15.0 Å². The Morgan fingerprint density at radius 1 is 1.18 bits per heavy atom. The number of nitrogens with one attached hydrogen (secondary N) is 2. The van der Waals surface area contributed by atoms with E-state index in [1.807, 2.05) is 31.2 Å². The lowest BCUT2D eigenvalue weighted by Crippen LogP contribution is -2.28. The maximum atomic E-state index is 13.1. The number of aryl methyl sites for hydroxylation is 1. The van der Waals surface area contributed by atoms with Gasteiger partial charge in [0.05, 0.1) is 10.6 Å². The Hall–Kier alpha value is -3.07. The van der Waals surface area contributed by atoms with Crippen LogP contribution in [0.3, 0.4) is 0 Å². The van der Waals surface area contributed by atoms with Gasteiger partial charge in [-0.1, -0.05) is 45.7 Å². The molecule has 9 heteroatoms. The molecule has 1 aliphatic heterocycles. The Morgan fingerprint density at radius 2 is 1.91 bits per heavy atom. The van der Waals surface area contributed by atoms with Gasteiger partial charge in [0.25, 0.3) is 11.8 Å². The lowest BCUT2D eigenvalue weighted by atomic mass is 10.1.